The molecule has 53 heavy (non-hydrogen) atoms. The maximum Gasteiger partial charge on any atom is 3.00 e. The number of halogens is 2. The summed E-state index contributed by atoms with van der Waals surface area (Å²) in [6.45, 7) is -4.22. The summed E-state index contributed by atoms with van der Waals surface area (Å²) in [4.78, 5) is 83.0. The predicted octanol–water partition coefficient (Wildman–Crippen LogP) is -16.7. The Bertz CT molecular complexity index is 1580. The number of aliphatic carboxylic acids is 3. The molecule has 2 aromatic rings. The molecular formula is C26H26GdI2N3Na4O15P2. The van der Waals surface area contributed by atoms with Crippen molar-refractivity contribution in [1.29, 1.82) is 0 Å². The number of nitrogens with zero attached hydrogens (tertiary/aromatic N) is 3. The van der Waals surface area contributed by atoms with Crippen LogP contribution in [0.1, 0.15) is 5.56 Å². The van der Waals surface area contributed by atoms with Gasteiger partial charge in [-0.2, -0.15) is 0 Å². The molecule has 2 rings (SSSR count). The minimum atomic E-state index is -5.31. The molecule has 2 aromatic carbocycles. The number of phenols is 1. The van der Waals surface area contributed by atoms with Gasteiger partial charge in [-0.05, 0) is 93.6 Å². The molecule has 2 atom stereocenters. The van der Waals surface area contributed by atoms with Gasteiger partial charge in [-0.25, -0.2) is 0 Å². The van der Waals surface area contributed by atoms with E-state index in [0.29, 0.717) is 34.0 Å². The van der Waals surface area contributed by atoms with E-state index >= 15 is 0 Å². The van der Waals surface area contributed by atoms with E-state index in [9.17, 15) is 68.5 Å². The van der Waals surface area contributed by atoms with E-state index in [-0.39, 0.29) is 170 Å². The molecule has 1 radical (unpaired) electrons. The monoisotopic (exact) mass is 1190 g/mol. The summed E-state index contributed by atoms with van der Waals surface area (Å²) >= 11 is 3.88. The molecule has 0 bridgehead atoms. The maximum atomic E-state index is 12.5. The first-order valence-corrected chi connectivity index (χ1v) is 19.1. The van der Waals surface area contributed by atoms with E-state index in [2.05, 4.69) is 0 Å². The second-order valence-electron chi connectivity index (χ2n) is 10.2. The predicted molar refractivity (Wildman–Crippen MR) is 168 cm³/mol. The van der Waals surface area contributed by atoms with Gasteiger partial charge >= 0.3 is 158 Å². The van der Waals surface area contributed by atoms with Gasteiger partial charge in [0.25, 0.3) is 0 Å². The molecule has 0 fully saturated rings. The van der Waals surface area contributed by atoms with Crippen LogP contribution in [0.5, 0.6) is 17.2 Å². The molecule has 0 saturated carbocycles. The van der Waals surface area contributed by atoms with Crippen molar-refractivity contribution in [2.45, 2.75) is 12.5 Å². The number of phenolic OH excluding ortho intramolecular Hbond substituents is 1. The van der Waals surface area contributed by atoms with E-state index in [1.165, 1.54) is 24.3 Å². The summed E-state index contributed by atoms with van der Waals surface area (Å²) in [5.74, 6) is -4.43. The van der Waals surface area contributed by atoms with Crippen molar-refractivity contribution in [3.63, 3.8) is 0 Å². The molecule has 18 nitrogen and oxygen atoms in total. The van der Waals surface area contributed by atoms with E-state index < -0.39 is 96.5 Å². The number of carbonyl (C=O) groups excluding carboxylic acids is 4. The first-order valence-electron chi connectivity index (χ1n) is 13.4. The summed E-state index contributed by atoms with van der Waals surface area (Å²) in [5.41, 5.74) is -2.06. The van der Waals surface area contributed by atoms with Crippen molar-refractivity contribution in [3.8, 4) is 17.2 Å². The topological polar surface area (TPSA) is 303 Å². The number of hydrogen-bond donors (Lipinski definition) is 1. The Balaban J connectivity index is -0.00000240. The number of aromatic hydroxyl groups is 1. The van der Waals surface area contributed by atoms with Crippen LogP contribution in [0.25, 0.3) is 0 Å². The molecule has 27 heteroatoms. The fourth-order valence-corrected chi connectivity index (χ4v) is 8.07. The van der Waals surface area contributed by atoms with Crippen LogP contribution in [-0.4, -0.2) is 101 Å². The molecule has 0 spiro atoms. The molecular weight excluding hydrogens is 1160 g/mol. The molecule has 0 amide bonds. The van der Waals surface area contributed by atoms with Crippen LogP contribution in [-0.2, 0) is 29.9 Å². The Labute approximate surface area is 452 Å². The van der Waals surface area contributed by atoms with Crippen LogP contribution in [0.3, 0.4) is 0 Å². The Hall–Kier alpha value is 2.92. The van der Waals surface area contributed by atoms with Crippen molar-refractivity contribution < 1.29 is 231 Å². The van der Waals surface area contributed by atoms with E-state index in [1.54, 1.807) is 12.1 Å². The van der Waals surface area contributed by atoms with Crippen molar-refractivity contribution in [3.05, 3.63) is 49.1 Å². The standard InChI is InChI=1S/C26H33I2N3O15P2.Gd.4Na/c27-19-9-16(10-20(28)24(19)46-18-3-1-17(32)2-4-18)11-21(25(37)38)31(8-6-30(13-23(35)36)15-48(43,44)45)7-5-29(12-22(33)34)14-47(41,42)26(39)40;;;;;/h1-4,9-10,21,32H,5-8,11-15H2,(H,33,34)(H,35,36)(H,37,38)(H,39,40)(H,41,42)(H2,43,44,45);;;;;/q;+3;4*+1/p-7. The summed E-state index contributed by atoms with van der Waals surface area (Å²) in [5, 5.41) is 55.5. The fraction of sp³-hybridized carbons (Fsp3) is 0.385. The number of carbonyl (C=O) groups is 4. The molecule has 0 aliphatic carbocycles. The SMILES string of the molecule is O=C([O-])CN(CCN(CCN(CC(=O)[O-])CP(=O)([O-])C(=O)[O-])C(Cc1cc(I)c(Oc2ccc(O)cc2)c(I)c1)C(=O)[O-])CP(=O)([O-])[O-].[Gd+3].[Na+].[Na+].[Na+].[Na+]. The third-order valence-electron chi connectivity index (χ3n) is 6.41. The number of rotatable bonds is 21. The summed E-state index contributed by atoms with van der Waals surface area (Å²) in [6.07, 6.45) is -2.89. The average Bonchev–Trinajstić information content (AvgIpc) is 2.93. The van der Waals surface area contributed by atoms with Crippen LogP contribution in [0, 0.1) is 47.1 Å². The molecule has 0 aromatic heterocycles. The maximum absolute atomic E-state index is 12.5. The van der Waals surface area contributed by atoms with Gasteiger partial charge < -0.3 is 73.3 Å². The van der Waals surface area contributed by atoms with Gasteiger partial charge in [-0.15, -0.1) is 0 Å². The average molecular weight is 1190 g/mol. The van der Waals surface area contributed by atoms with E-state index in [4.69, 9.17) is 4.74 Å². The molecule has 0 aliphatic rings. The summed E-state index contributed by atoms with van der Waals surface area (Å²) in [6, 6.07) is 7.42. The van der Waals surface area contributed by atoms with Crippen molar-refractivity contribution in [1.82, 2.24) is 14.7 Å². The summed E-state index contributed by atoms with van der Waals surface area (Å²) in [7, 11) is -10.6. The summed E-state index contributed by atoms with van der Waals surface area (Å²) < 4.78 is 30.3. The quantitative estimate of drug-likeness (QED) is 0.0689. The van der Waals surface area contributed by atoms with Crippen LogP contribution < -0.4 is 158 Å². The minimum absolute atomic E-state index is 0. The Morgan fingerprint density at radius 2 is 1.19 bits per heavy atom. The van der Waals surface area contributed by atoms with Crippen LogP contribution in [0.15, 0.2) is 36.4 Å². The first kappa shape index (κ1) is 62.6. The third kappa shape index (κ3) is 24.7. The molecule has 271 valence electrons. The number of hydrogen-bond acceptors (Lipinski definition) is 18. The normalized spacial score (nSPS) is 12.5. The van der Waals surface area contributed by atoms with Gasteiger partial charge in [-0.1, -0.05) is 7.60 Å². The van der Waals surface area contributed by atoms with Gasteiger partial charge in [0.15, 0.2) is 5.75 Å². The Morgan fingerprint density at radius 1 is 0.755 bits per heavy atom. The zero-order chi connectivity index (χ0) is 36.4. The van der Waals surface area contributed by atoms with Crippen molar-refractivity contribution >= 4 is 83.8 Å². The van der Waals surface area contributed by atoms with Crippen molar-refractivity contribution in [2.75, 3.05) is 51.8 Å². The van der Waals surface area contributed by atoms with Gasteiger partial charge in [0.2, 0.25) is 0 Å². The van der Waals surface area contributed by atoms with Gasteiger partial charge in [0.05, 0.1) is 44.2 Å². The second kappa shape index (κ2) is 30.0. The van der Waals surface area contributed by atoms with Crippen LogP contribution in [0.2, 0.25) is 0 Å². The molecule has 0 heterocycles. The number of ether oxygens (including phenoxy) is 1. The number of carboxylic acids is 3. The van der Waals surface area contributed by atoms with Crippen LogP contribution >= 0.6 is 60.1 Å². The minimum Gasteiger partial charge on any atom is -0.810 e. The largest absolute Gasteiger partial charge is 3.00 e. The molecule has 0 aliphatic heterocycles. The zero-order valence-electron chi connectivity index (χ0n) is 28.9. The number of benzene rings is 2. The van der Waals surface area contributed by atoms with Crippen molar-refractivity contribution in [2.24, 2.45) is 0 Å². The van der Waals surface area contributed by atoms with Crippen LogP contribution in [0.4, 0.5) is 4.79 Å². The van der Waals surface area contributed by atoms with E-state index in [0.717, 1.165) is 4.90 Å². The molecule has 0 saturated heterocycles. The van der Waals surface area contributed by atoms with Gasteiger partial charge in [-0.3, -0.25) is 14.7 Å². The first-order chi connectivity index (χ1) is 22.2. The second-order valence-corrected chi connectivity index (χ2v) is 16.1. The molecule has 1 N–H and O–H groups in total. The van der Waals surface area contributed by atoms with Gasteiger partial charge in [0.1, 0.15) is 11.5 Å². The molecule has 2 unspecified atom stereocenters. The van der Waals surface area contributed by atoms with E-state index in [1.807, 2.05) is 45.2 Å². The van der Waals surface area contributed by atoms with Gasteiger partial charge in [0, 0.05) is 51.8 Å². The zero-order valence-corrected chi connectivity index (χ0v) is 45.3. The number of carboxylic acid groups (broad SMARTS) is 4. The third-order valence-corrected chi connectivity index (χ3v) is 10.1. The smallest absolute Gasteiger partial charge is 0.810 e. The Morgan fingerprint density at radius 3 is 1.57 bits per heavy atom. The Kier molecular flexibility index (Phi) is 35.5. The fourth-order valence-electron chi connectivity index (χ4n) is 4.34.